The molecule has 0 bridgehead atoms. The summed E-state index contributed by atoms with van der Waals surface area (Å²) in [6.45, 7) is 2.31. The molecule has 61 heavy (non-hydrogen) atoms. The number of nitrogens with zero attached hydrogens (tertiary/aromatic N) is 6. The molecule has 0 aromatic rings. The highest BCUT2D eigenvalue weighted by atomic mass is 15.5. The highest BCUT2D eigenvalue weighted by Crippen LogP contribution is 2.39. The molecule has 0 atom stereocenters. The average Bonchev–Trinajstić information content (AvgIpc) is 3.34. The normalized spacial score (nSPS) is 30.9. The van der Waals surface area contributed by atoms with Crippen molar-refractivity contribution in [2.45, 2.75) is 312 Å². The van der Waals surface area contributed by atoms with Crippen LogP contribution in [0.25, 0.3) is 0 Å². The molecule has 0 amide bonds. The lowest BCUT2D eigenvalue weighted by molar-refractivity contribution is 0.0192. The topological polar surface area (TPSA) is 37.7 Å². The third-order valence-electron chi connectivity index (χ3n) is 18.4. The molecule has 0 N–H and O–H groups in total. The van der Waals surface area contributed by atoms with Crippen molar-refractivity contribution in [2.24, 2.45) is 22.0 Å². The van der Waals surface area contributed by atoms with Crippen LogP contribution in [-0.2, 0) is 0 Å². The minimum absolute atomic E-state index is 0.672. The minimum atomic E-state index is 0.672. The molecule has 348 valence electrons. The van der Waals surface area contributed by atoms with Crippen LogP contribution in [0.2, 0.25) is 0 Å². The summed E-state index contributed by atoms with van der Waals surface area (Å²) in [5.41, 5.74) is 0. The van der Waals surface area contributed by atoms with Crippen molar-refractivity contribution in [3.63, 3.8) is 0 Å². The molecule has 0 spiro atoms. The molecular weight excluding hydrogens is 745 g/mol. The van der Waals surface area contributed by atoms with Crippen LogP contribution in [0.4, 0.5) is 0 Å². The molecule has 8 aliphatic carbocycles. The number of hydrazone groups is 2. The predicted octanol–water partition coefficient (Wildman–Crippen LogP) is 14.5. The van der Waals surface area contributed by atoms with Crippen LogP contribution in [-0.4, -0.2) is 93.7 Å². The Morgan fingerprint density at radius 3 is 0.787 bits per heavy atom. The molecule has 0 heterocycles. The molecule has 6 nitrogen and oxygen atoms in total. The van der Waals surface area contributed by atoms with E-state index < -0.39 is 0 Å². The molecule has 6 heteroatoms. The maximum absolute atomic E-state index is 5.43. The summed E-state index contributed by atoms with van der Waals surface area (Å²) >= 11 is 0. The van der Waals surface area contributed by atoms with Crippen LogP contribution in [0, 0.1) is 11.8 Å². The van der Waals surface area contributed by atoms with Crippen LogP contribution in [0.1, 0.15) is 263 Å². The van der Waals surface area contributed by atoms with Gasteiger partial charge in [-0.05, 0) is 160 Å². The summed E-state index contributed by atoms with van der Waals surface area (Å²) in [7, 11) is 0. The van der Waals surface area contributed by atoms with E-state index in [4.69, 9.17) is 10.2 Å². The highest BCUT2D eigenvalue weighted by molar-refractivity contribution is 5.61. The number of unbranched alkanes of at least 4 members (excludes halogenated alkanes) is 2. The van der Waals surface area contributed by atoms with Crippen molar-refractivity contribution in [1.82, 2.24) is 19.8 Å². The Morgan fingerprint density at radius 1 is 0.262 bits per heavy atom. The van der Waals surface area contributed by atoms with E-state index in [1.165, 1.54) is 263 Å². The van der Waals surface area contributed by atoms with Gasteiger partial charge in [0.05, 0.1) is 0 Å². The molecular formula is C55H98N6. The Labute approximate surface area is 377 Å². The first-order valence-corrected chi connectivity index (χ1v) is 28.4. The summed E-state index contributed by atoms with van der Waals surface area (Å²) in [6, 6.07) is 6.55. The molecule has 0 aromatic heterocycles. The monoisotopic (exact) mass is 843 g/mol. The minimum Gasteiger partial charge on any atom is -0.294 e. The smallest absolute Gasteiger partial charge is 0.0470 e. The maximum atomic E-state index is 5.43. The van der Waals surface area contributed by atoms with Crippen molar-refractivity contribution in [3.8, 4) is 0 Å². The Hall–Kier alpha value is -1.14. The van der Waals surface area contributed by atoms with Gasteiger partial charge in [0.25, 0.3) is 0 Å². The van der Waals surface area contributed by atoms with E-state index in [-0.39, 0.29) is 0 Å². The van der Waals surface area contributed by atoms with Crippen molar-refractivity contribution in [2.75, 3.05) is 13.1 Å². The van der Waals surface area contributed by atoms with Crippen LogP contribution in [0.15, 0.2) is 10.2 Å². The first kappa shape index (κ1) is 46.4. The molecule has 0 radical (unpaired) electrons. The van der Waals surface area contributed by atoms with Gasteiger partial charge in [-0.25, -0.2) is 0 Å². The quantitative estimate of drug-likeness (QED) is 0.0783. The van der Waals surface area contributed by atoms with Crippen molar-refractivity contribution < 1.29 is 0 Å². The highest BCUT2D eigenvalue weighted by Gasteiger charge is 2.38. The van der Waals surface area contributed by atoms with Gasteiger partial charge in [0.15, 0.2) is 0 Å². The fourth-order valence-corrected chi connectivity index (χ4v) is 14.9. The SMILES string of the molecule is C(=N\N(CCCCCN(/N=C/C1CCC(N(C2CCCCC2)C2CCCCC2)CC1)C1CCCCC1)C1CCCCC1)/C1CCC(N(C2CCCCC2)C2CCCCC2)CC1. The number of rotatable bonds is 18. The Balaban J connectivity index is 0.802. The van der Waals surface area contributed by atoms with E-state index in [9.17, 15) is 0 Å². The second-order valence-electron chi connectivity index (χ2n) is 22.7. The third-order valence-corrected chi connectivity index (χ3v) is 18.4. The predicted molar refractivity (Wildman–Crippen MR) is 261 cm³/mol. The molecule has 8 fully saturated rings. The summed E-state index contributed by atoms with van der Waals surface area (Å²) in [6.07, 6.45) is 63.2. The van der Waals surface area contributed by atoms with E-state index >= 15 is 0 Å². The second-order valence-corrected chi connectivity index (χ2v) is 22.7. The summed E-state index contributed by atoms with van der Waals surface area (Å²) in [4.78, 5) is 6.30. The molecule has 0 aliphatic heterocycles. The number of hydrogen-bond donors (Lipinski definition) is 0. The van der Waals surface area contributed by atoms with Gasteiger partial charge in [0.2, 0.25) is 0 Å². The molecule has 0 unspecified atom stereocenters. The van der Waals surface area contributed by atoms with Crippen LogP contribution >= 0.6 is 0 Å². The van der Waals surface area contributed by atoms with Gasteiger partial charge < -0.3 is 0 Å². The Kier molecular flexibility index (Phi) is 19.4. The Morgan fingerprint density at radius 2 is 0.508 bits per heavy atom. The van der Waals surface area contributed by atoms with E-state index in [1.807, 2.05) is 0 Å². The van der Waals surface area contributed by atoms with Crippen LogP contribution in [0.5, 0.6) is 0 Å². The summed E-state index contributed by atoms with van der Waals surface area (Å²) < 4.78 is 0. The molecule has 8 aliphatic rings. The maximum Gasteiger partial charge on any atom is 0.0470 e. The van der Waals surface area contributed by atoms with Gasteiger partial charge in [-0.2, -0.15) is 10.2 Å². The number of hydrogen-bond acceptors (Lipinski definition) is 6. The van der Waals surface area contributed by atoms with Crippen LogP contribution in [0.3, 0.4) is 0 Å². The average molecular weight is 843 g/mol. The fraction of sp³-hybridized carbons (Fsp3) is 0.964. The van der Waals surface area contributed by atoms with E-state index in [2.05, 4.69) is 32.2 Å². The van der Waals surface area contributed by atoms with E-state index in [0.29, 0.717) is 23.9 Å². The Bertz CT molecular complexity index is 1090. The van der Waals surface area contributed by atoms with Crippen molar-refractivity contribution >= 4 is 12.4 Å². The molecule has 0 saturated heterocycles. The third kappa shape index (κ3) is 13.9. The lowest BCUT2D eigenvalue weighted by Crippen LogP contribution is -2.52. The fourth-order valence-electron chi connectivity index (χ4n) is 14.9. The standard InChI is InChI=1S/C55H98N6/c1-8-22-48(23-9-1)58(56-44-46-34-38-54(39-35-46)60(50-26-12-3-13-27-50)51-28-14-4-15-29-51)42-20-7-21-43-59(49-24-10-2-11-25-49)57-45-47-36-40-55(41-37-47)61(52-30-16-5-17-31-52)53-32-18-6-19-33-53/h44-55H,1-43H2/b56-44+,57-45+. The zero-order chi connectivity index (χ0) is 41.3. The zero-order valence-corrected chi connectivity index (χ0v) is 40.0. The van der Waals surface area contributed by atoms with Crippen molar-refractivity contribution in [1.29, 1.82) is 0 Å². The van der Waals surface area contributed by atoms with Gasteiger partial charge in [-0.1, -0.05) is 116 Å². The van der Waals surface area contributed by atoms with Crippen LogP contribution < -0.4 is 0 Å². The van der Waals surface area contributed by atoms with Gasteiger partial charge in [-0.15, -0.1) is 0 Å². The lowest BCUT2D eigenvalue weighted by Gasteiger charge is -2.48. The largest absolute Gasteiger partial charge is 0.294 e. The van der Waals surface area contributed by atoms with Gasteiger partial charge >= 0.3 is 0 Å². The first-order valence-electron chi connectivity index (χ1n) is 28.4. The van der Waals surface area contributed by atoms with Gasteiger partial charge in [0.1, 0.15) is 0 Å². The van der Waals surface area contributed by atoms with E-state index in [0.717, 1.165) is 49.3 Å². The zero-order valence-electron chi connectivity index (χ0n) is 40.0. The second kappa shape index (κ2) is 25.5. The molecule has 0 aromatic carbocycles. The van der Waals surface area contributed by atoms with Gasteiger partial charge in [0, 0.05) is 73.9 Å². The van der Waals surface area contributed by atoms with E-state index in [1.54, 1.807) is 0 Å². The summed E-state index contributed by atoms with van der Waals surface area (Å²) in [5.74, 6) is 1.37. The van der Waals surface area contributed by atoms with Gasteiger partial charge in [-0.3, -0.25) is 19.8 Å². The first-order chi connectivity index (χ1) is 30.3. The summed E-state index contributed by atoms with van der Waals surface area (Å²) in [5, 5.41) is 16.1. The van der Waals surface area contributed by atoms with Crippen molar-refractivity contribution in [3.05, 3.63) is 0 Å². The molecule has 8 rings (SSSR count). The molecule has 8 saturated carbocycles. The lowest BCUT2D eigenvalue weighted by atomic mass is 9.81.